The molecule has 6 heteroatoms. The molecular weight excluding hydrogens is 344 g/mol. The average molecular weight is 379 g/mol. The second kappa shape index (κ2) is 8.19. The molecule has 4 saturated carbocycles. The molecule has 1 N–H and O–H groups in total. The maximum absolute atomic E-state index is 13.7. The minimum atomic E-state index is -0.339. The van der Waals surface area contributed by atoms with E-state index in [0.717, 1.165) is 19.3 Å². The summed E-state index contributed by atoms with van der Waals surface area (Å²) in [6.07, 6.45) is 7.66. The van der Waals surface area contributed by atoms with Crippen molar-refractivity contribution in [3.63, 3.8) is 0 Å². The summed E-state index contributed by atoms with van der Waals surface area (Å²) in [5.74, 6) is 1.68. The van der Waals surface area contributed by atoms with Gasteiger partial charge >= 0.3 is 5.97 Å². The number of esters is 1. The van der Waals surface area contributed by atoms with Crippen molar-refractivity contribution in [1.29, 1.82) is 0 Å². The summed E-state index contributed by atoms with van der Waals surface area (Å²) in [5, 5.41) is 2.79. The highest BCUT2D eigenvalue weighted by Crippen LogP contribution is 2.60. The van der Waals surface area contributed by atoms with Crippen molar-refractivity contribution in [3.8, 4) is 0 Å². The summed E-state index contributed by atoms with van der Waals surface area (Å²) in [6, 6.07) is 0. The molecule has 0 radical (unpaired) electrons. The van der Waals surface area contributed by atoms with E-state index in [4.69, 9.17) is 4.74 Å². The maximum Gasteiger partial charge on any atom is 0.310 e. The molecule has 0 aliphatic heterocycles. The zero-order valence-electron chi connectivity index (χ0n) is 17.0. The normalized spacial score (nSPS) is 32.0. The van der Waals surface area contributed by atoms with E-state index in [-0.39, 0.29) is 29.1 Å². The summed E-state index contributed by atoms with van der Waals surface area (Å²) >= 11 is 0. The Balaban J connectivity index is 1.69. The first kappa shape index (κ1) is 20.2. The van der Waals surface area contributed by atoms with Gasteiger partial charge in [0.25, 0.3) is 0 Å². The Morgan fingerprint density at radius 3 is 2.15 bits per heavy atom. The molecule has 4 rings (SSSR count). The molecular formula is C21H34N2O4. The molecule has 0 heterocycles. The van der Waals surface area contributed by atoms with Crippen LogP contribution < -0.4 is 5.32 Å². The monoisotopic (exact) mass is 378 g/mol. The predicted octanol–water partition coefficient (Wildman–Crippen LogP) is 2.37. The lowest BCUT2D eigenvalue weighted by molar-refractivity contribution is -0.159. The largest absolute Gasteiger partial charge is 0.469 e. The van der Waals surface area contributed by atoms with Crippen LogP contribution in [0.1, 0.15) is 58.8 Å². The van der Waals surface area contributed by atoms with Gasteiger partial charge in [0.15, 0.2) is 0 Å². The van der Waals surface area contributed by atoms with E-state index in [2.05, 4.69) is 5.32 Å². The van der Waals surface area contributed by atoms with E-state index in [1.807, 2.05) is 11.8 Å². The third kappa shape index (κ3) is 4.46. The van der Waals surface area contributed by atoms with Gasteiger partial charge in [0.2, 0.25) is 11.8 Å². The van der Waals surface area contributed by atoms with E-state index in [9.17, 15) is 14.4 Å². The highest BCUT2D eigenvalue weighted by atomic mass is 16.5. The van der Waals surface area contributed by atoms with Crippen LogP contribution in [-0.4, -0.2) is 49.4 Å². The molecule has 2 amide bonds. The fourth-order valence-corrected chi connectivity index (χ4v) is 6.12. The summed E-state index contributed by atoms with van der Waals surface area (Å²) < 4.78 is 4.87. The van der Waals surface area contributed by atoms with Gasteiger partial charge in [0, 0.05) is 26.6 Å². The van der Waals surface area contributed by atoms with Gasteiger partial charge in [-0.25, -0.2) is 0 Å². The van der Waals surface area contributed by atoms with Crippen molar-refractivity contribution in [3.05, 3.63) is 0 Å². The predicted molar refractivity (Wildman–Crippen MR) is 102 cm³/mol. The van der Waals surface area contributed by atoms with Gasteiger partial charge < -0.3 is 15.0 Å². The van der Waals surface area contributed by atoms with Crippen LogP contribution in [0.15, 0.2) is 0 Å². The number of nitrogens with one attached hydrogen (secondary N) is 1. The SMILES string of the molecule is COC(=O)C(C)CN(CCCNC(C)=O)C(=O)C12CC3CC(CC(C3)C1)C2. The van der Waals surface area contributed by atoms with E-state index >= 15 is 0 Å². The van der Waals surface area contributed by atoms with Crippen molar-refractivity contribution in [2.24, 2.45) is 29.1 Å². The molecule has 0 spiro atoms. The molecule has 4 aliphatic rings. The summed E-state index contributed by atoms with van der Waals surface area (Å²) in [7, 11) is 1.39. The molecule has 27 heavy (non-hydrogen) atoms. The van der Waals surface area contributed by atoms with E-state index in [0.29, 0.717) is 43.8 Å². The van der Waals surface area contributed by atoms with Crippen LogP contribution >= 0.6 is 0 Å². The zero-order chi connectivity index (χ0) is 19.6. The van der Waals surface area contributed by atoms with Crippen LogP contribution in [0.3, 0.4) is 0 Å². The topological polar surface area (TPSA) is 75.7 Å². The minimum absolute atomic E-state index is 0.0584. The second-order valence-corrected chi connectivity index (χ2v) is 9.21. The number of methoxy groups -OCH3 is 1. The fraction of sp³-hybridized carbons (Fsp3) is 0.857. The van der Waals surface area contributed by atoms with Gasteiger partial charge in [-0.1, -0.05) is 6.92 Å². The third-order valence-electron chi connectivity index (χ3n) is 6.86. The Morgan fingerprint density at radius 2 is 1.67 bits per heavy atom. The van der Waals surface area contributed by atoms with E-state index < -0.39 is 0 Å². The number of carbonyl (C=O) groups is 3. The summed E-state index contributed by atoms with van der Waals surface area (Å²) in [6.45, 7) is 4.83. The lowest BCUT2D eigenvalue weighted by Crippen LogP contribution is -2.55. The molecule has 152 valence electrons. The molecule has 0 aromatic rings. The van der Waals surface area contributed by atoms with Crippen LogP contribution in [0.2, 0.25) is 0 Å². The van der Waals surface area contributed by atoms with Crippen LogP contribution in [-0.2, 0) is 19.1 Å². The van der Waals surface area contributed by atoms with Crippen molar-refractivity contribution >= 4 is 17.8 Å². The number of amides is 2. The number of hydrogen-bond acceptors (Lipinski definition) is 4. The standard InChI is InChI=1S/C21H34N2O4/c1-14(19(25)27-3)13-23(6-4-5-22-15(2)24)20(26)21-10-16-7-17(11-21)9-18(8-16)12-21/h14,16-18H,4-13H2,1-3H3,(H,22,24). The lowest BCUT2D eigenvalue weighted by Gasteiger charge is -2.56. The fourth-order valence-electron chi connectivity index (χ4n) is 6.12. The highest BCUT2D eigenvalue weighted by Gasteiger charge is 2.55. The van der Waals surface area contributed by atoms with E-state index in [1.165, 1.54) is 33.3 Å². The van der Waals surface area contributed by atoms with Gasteiger partial charge in [-0.2, -0.15) is 0 Å². The first-order valence-corrected chi connectivity index (χ1v) is 10.4. The van der Waals surface area contributed by atoms with E-state index in [1.54, 1.807) is 0 Å². The molecule has 1 unspecified atom stereocenters. The van der Waals surface area contributed by atoms with Gasteiger partial charge in [-0.05, 0) is 62.7 Å². The minimum Gasteiger partial charge on any atom is -0.469 e. The molecule has 0 saturated heterocycles. The van der Waals surface area contributed by atoms with Crippen LogP contribution in [0.4, 0.5) is 0 Å². The van der Waals surface area contributed by atoms with Crippen LogP contribution in [0.25, 0.3) is 0 Å². The summed E-state index contributed by atoms with van der Waals surface area (Å²) in [5.41, 5.74) is -0.210. The Bertz CT molecular complexity index is 553. The molecule has 4 aliphatic carbocycles. The van der Waals surface area contributed by atoms with Crippen molar-refractivity contribution < 1.29 is 19.1 Å². The van der Waals surface area contributed by atoms with Crippen LogP contribution in [0, 0.1) is 29.1 Å². The average Bonchev–Trinajstić information content (AvgIpc) is 2.61. The Labute approximate surface area is 162 Å². The third-order valence-corrected chi connectivity index (χ3v) is 6.86. The Morgan fingerprint density at radius 1 is 1.11 bits per heavy atom. The highest BCUT2D eigenvalue weighted by molar-refractivity contribution is 5.84. The Hall–Kier alpha value is -1.59. The molecule has 6 nitrogen and oxygen atoms in total. The van der Waals surface area contributed by atoms with Gasteiger partial charge in [0.05, 0.1) is 18.4 Å². The first-order valence-electron chi connectivity index (χ1n) is 10.4. The number of nitrogens with zero attached hydrogens (tertiary/aromatic N) is 1. The molecule has 0 aromatic heterocycles. The zero-order valence-corrected chi connectivity index (χ0v) is 17.0. The maximum atomic E-state index is 13.7. The van der Waals surface area contributed by atoms with Gasteiger partial charge in [0.1, 0.15) is 0 Å². The number of ether oxygens (including phenoxy) is 1. The quantitative estimate of drug-likeness (QED) is 0.520. The van der Waals surface area contributed by atoms with Crippen molar-refractivity contribution in [2.45, 2.75) is 58.8 Å². The van der Waals surface area contributed by atoms with Crippen LogP contribution in [0.5, 0.6) is 0 Å². The smallest absolute Gasteiger partial charge is 0.310 e. The number of rotatable bonds is 8. The number of hydrogen-bond donors (Lipinski definition) is 1. The second-order valence-electron chi connectivity index (χ2n) is 9.21. The lowest BCUT2D eigenvalue weighted by atomic mass is 9.49. The summed E-state index contributed by atoms with van der Waals surface area (Å²) in [4.78, 5) is 38.6. The first-order chi connectivity index (χ1) is 12.8. The molecule has 4 fully saturated rings. The molecule has 4 bridgehead atoms. The number of carbonyl (C=O) groups excluding carboxylic acids is 3. The Kier molecular flexibility index (Phi) is 6.11. The van der Waals surface area contributed by atoms with Gasteiger partial charge in [-0.3, -0.25) is 14.4 Å². The molecule has 0 aromatic carbocycles. The van der Waals surface area contributed by atoms with Crippen molar-refractivity contribution in [2.75, 3.05) is 26.7 Å². The van der Waals surface area contributed by atoms with Crippen molar-refractivity contribution in [1.82, 2.24) is 10.2 Å². The van der Waals surface area contributed by atoms with Gasteiger partial charge in [-0.15, -0.1) is 0 Å². The molecule has 1 atom stereocenters.